The van der Waals surface area contributed by atoms with E-state index in [2.05, 4.69) is 66.1 Å². The van der Waals surface area contributed by atoms with Crippen LogP contribution in [-0.2, 0) is 16.1 Å². The Balaban J connectivity index is 1.61. The number of esters is 1. The minimum Gasteiger partial charge on any atom is -0.493 e. The Kier molecular flexibility index (Phi) is 11.0. The fourth-order valence-corrected chi connectivity index (χ4v) is 8.79. The molecule has 2 heterocycles. The van der Waals surface area contributed by atoms with Crippen LogP contribution in [0.15, 0.2) is 74.1 Å². The molecule has 13 heteroatoms. The van der Waals surface area contributed by atoms with Gasteiger partial charge in [-0.2, -0.15) is 0 Å². The number of carbonyl (C=O) groups is 1. The molecule has 0 unspecified atom stereocenters. The highest BCUT2D eigenvalue weighted by molar-refractivity contribution is 14.1. The van der Waals surface area contributed by atoms with Crippen LogP contribution in [0, 0.1) is 7.14 Å². The second-order valence-corrected chi connectivity index (χ2v) is 14.3. The van der Waals surface area contributed by atoms with E-state index in [1.54, 1.807) is 37.7 Å². The van der Waals surface area contributed by atoms with Crippen molar-refractivity contribution in [1.82, 2.24) is 4.57 Å². The number of benzene rings is 3. The van der Waals surface area contributed by atoms with Crippen molar-refractivity contribution in [3.8, 4) is 17.2 Å². The van der Waals surface area contributed by atoms with Crippen molar-refractivity contribution in [2.75, 3.05) is 20.8 Å². The highest BCUT2D eigenvalue weighted by atomic mass is 127. The maximum absolute atomic E-state index is 14.1. The number of aromatic nitrogens is 1. The van der Waals surface area contributed by atoms with Crippen LogP contribution in [0.2, 0.25) is 5.02 Å². The zero-order chi connectivity index (χ0) is 32.4. The van der Waals surface area contributed by atoms with Gasteiger partial charge in [-0.15, -0.1) is 0 Å². The average molecular weight is 936 g/mol. The summed E-state index contributed by atoms with van der Waals surface area (Å²) in [5, 5.41) is 0.647. The topological polar surface area (TPSA) is 88.4 Å². The summed E-state index contributed by atoms with van der Waals surface area (Å²) in [7, 11) is 3.07. The monoisotopic (exact) mass is 934 g/mol. The second-order valence-electron chi connectivity index (χ2n) is 9.72. The van der Waals surface area contributed by atoms with Gasteiger partial charge in [0.1, 0.15) is 12.4 Å². The first-order valence-corrected chi connectivity index (χ1v) is 17.7. The summed E-state index contributed by atoms with van der Waals surface area (Å²) in [6, 6.07) is 14.2. The number of thiazole rings is 1. The lowest BCUT2D eigenvalue weighted by molar-refractivity contribution is -0.139. The summed E-state index contributed by atoms with van der Waals surface area (Å²) < 4.78 is 27.0. The Morgan fingerprint density at radius 2 is 1.78 bits per heavy atom. The van der Waals surface area contributed by atoms with Crippen LogP contribution in [0.1, 0.15) is 36.6 Å². The molecule has 1 atom stereocenters. The van der Waals surface area contributed by atoms with E-state index in [0.717, 1.165) is 24.0 Å². The summed E-state index contributed by atoms with van der Waals surface area (Å²) in [6.07, 6.45) is 1.83. The van der Waals surface area contributed by atoms with E-state index in [0.29, 0.717) is 48.2 Å². The zero-order valence-electron chi connectivity index (χ0n) is 24.5. The molecule has 45 heavy (non-hydrogen) atoms. The van der Waals surface area contributed by atoms with Gasteiger partial charge in [-0.05, 0) is 107 Å². The molecule has 8 nitrogen and oxygen atoms in total. The molecule has 0 aliphatic carbocycles. The Morgan fingerprint density at radius 3 is 2.42 bits per heavy atom. The number of carbonyl (C=O) groups excluding carboxylic acids is 1. The molecule has 0 fully saturated rings. The van der Waals surface area contributed by atoms with Crippen molar-refractivity contribution >= 4 is 96.1 Å². The van der Waals surface area contributed by atoms with Crippen LogP contribution in [0.25, 0.3) is 6.08 Å². The second kappa shape index (κ2) is 14.6. The van der Waals surface area contributed by atoms with Crippen LogP contribution >= 0.6 is 84.0 Å². The number of fused-ring (bicyclic) bond motifs is 1. The minimum absolute atomic E-state index is 0.176. The van der Waals surface area contributed by atoms with Crippen molar-refractivity contribution in [3.63, 3.8) is 0 Å². The van der Waals surface area contributed by atoms with Crippen LogP contribution in [-0.4, -0.2) is 31.4 Å². The Hall–Kier alpha value is -2.40. The lowest BCUT2D eigenvalue weighted by Crippen LogP contribution is -2.40. The molecular formula is C32H26BrClI2N2O6S. The molecular weight excluding hydrogens is 910 g/mol. The smallest absolute Gasteiger partial charge is 0.338 e. The van der Waals surface area contributed by atoms with Crippen LogP contribution < -0.4 is 29.1 Å². The molecule has 234 valence electrons. The standard InChI is InChI=1S/C32H26BrClI2N2O6S/c1-5-43-31(40)27-16(2)37-32-38(28(27)19-13-24(41-3)25(42-4)14-20(19)33)30(39)26(45-32)12-17-10-22(35)29(23(36)11-17)44-15-18-8-6-7-9-21(18)34/h6-14,28H,5,15H2,1-4H3/b26-12-/t28-/m0/s1. The summed E-state index contributed by atoms with van der Waals surface area (Å²) in [5.41, 5.74) is 2.80. The first-order chi connectivity index (χ1) is 21.6. The number of methoxy groups -OCH3 is 2. The van der Waals surface area contributed by atoms with Gasteiger partial charge >= 0.3 is 5.97 Å². The minimum atomic E-state index is -0.822. The lowest BCUT2D eigenvalue weighted by Gasteiger charge is -2.26. The van der Waals surface area contributed by atoms with E-state index in [1.807, 2.05) is 42.5 Å². The maximum atomic E-state index is 14.1. The molecule has 0 saturated heterocycles. The van der Waals surface area contributed by atoms with Gasteiger partial charge in [0, 0.05) is 15.1 Å². The molecule has 0 amide bonds. The zero-order valence-corrected chi connectivity index (χ0v) is 31.9. The largest absolute Gasteiger partial charge is 0.493 e. The number of allylic oxidation sites excluding steroid dienone is 1. The summed E-state index contributed by atoms with van der Waals surface area (Å²) in [6.45, 7) is 3.99. The Morgan fingerprint density at radius 1 is 1.11 bits per heavy atom. The van der Waals surface area contributed by atoms with E-state index in [-0.39, 0.29) is 17.7 Å². The number of hydrogen-bond donors (Lipinski definition) is 0. The molecule has 1 aliphatic rings. The third-order valence-electron chi connectivity index (χ3n) is 6.96. The third-order valence-corrected chi connectivity index (χ3v) is 10.6. The molecule has 4 aromatic rings. The van der Waals surface area contributed by atoms with Gasteiger partial charge in [0.25, 0.3) is 5.56 Å². The first kappa shape index (κ1) is 33.9. The molecule has 0 spiro atoms. The molecule has 0 bridgehead atoms. The number of ether oxygens (including phenoxy) is 4. The van der Waals surface area contributed by atoms with Crippen molar-refractivity contribution in [2.24, 2.45) is 4.99 Å². The Labute approximate surface area is 304 Å². The van der Waals surface area contributed by atoms with Gasteiger partial charge in [-0.25, -0.2) is 9.79 Å². The van der Waals surface area contributed by atoms with Crippen molar-refractivity contribution in [2.45, 2.75) is 26.5 Å². The predicted molar refractivity (Wildman–Crippen MR) is 195 cm³/mol. The molecule has 0 radical (unpaired) electrons. The third kappa shape index (κ3) is 6.99. The van der Waals surface area contributed by atoms with Crippen LogP contribution in [0.3, 0.4) is 0 Å². The lowest BCUT2D eigenvalue weighted by atomic mass is 9.95. The normalized spacial score (nSPS) is 14.6. The highest BCUT2D eigenvalue weighted by Crippen LogP contribution is 2.41. The van der Waals surface area contributed by atoms with E-state index < -0.39 is 12.0 Å². The quantitative estimate of drug-likeness (QED) is 0.133. The van der Waals surface area contributed by atoms with Gasteiger partial charge in [-0.1, -0.05) is 57.1 Å². The van der Waals surface area contributed by atoms with E-state index >= 15 is 0 Å². The maximum Gasteiger partial charge on any atom is 0.338 e. The molecule has 5 rings (SSSR count). The number of rotatable bonds is 9. The van der Waals surface area contributed by atoms with Crippen LogP contribution in [0.5, 0.6) is 17.2 Å². The molecule has 0 saturated carbocycles. The average Bonchev–Trinajstić information content (AvgIpc) is 3.30. The summed E-state index contributed by atoms with van der Waals surface area (Å²) in [4.78, 5) is 32.6. The van der Waals surface area contributed by atoms with Crippen LogP contribution in [0.4, 0.5) is 0 Å². The van der Waals surface area contributed by atoms with Gasteiger partial charge in [0.15, 0.2) is 16.3 Å². The molecule has 0 N–H and O–H groups in total. The summed E-state index contributed by atoms with van der Waals surface area (Å²) >= 11 is 15.7. The van der Waals surface area contributed by atoms with Gasteiger partial charge in [0.05, 0.1) is 49.8 Å². The number of nitrogens with zero attached hydrogens (tertiary/aromatic N) is 2. The predicted octanol–water partition coefficient (Wildman–Crippen LogP) is 7.02. The first-order valence-electron chi connectivity index (χ1n) is 13.5. The molecule has 1 aliphatic heterocycles. The Bertz CT molecular complexity index is 2000. The number of halogens is 4. The van der Waals surface area contributed by atoms with Gasteiger partial charge in [0.2, 0.25) is 0 Å². The number of hydrogen-bond acceptors (Lipinski definition) is 8. The fraction of sp³-hybridized carbons (Fsp3) is 0.219. The summed E-state index contributed by atoms with van der Waals surface area (Å²) in [5.74, 6) is 1.15. The SMILES string of the molecule is CCOC(=O)C1=C(C)N=c2s/c(=C\c3cc(I)c(OCc4ccccc4Cl)c(I)c3)c(=O)n2[C@H]1c1cc(OC)c(OC)cc1Br. The van der Waals surface area contributed by atoms with E-state index in [1.165, 1.54) is 18.4 Å². The van der Waals surface area contributed by atoms with Crippen molar-refractivity contribution < 1.29 is 23.7 Å². The highest BCUT2D eigenvalue weighted by Gasteiger charge is 2.35. The van der Waals surface area contributed by atoms with Crippen molar-refractivity contribution in [1.29, 1.82) is 0 Å². The molecule has 3 aromatic carbocycles. The fourth-order valence-electron chi connectivity index (χ4n) is 4.88. The van der Waals surface area contributed by atoms with E-state index in [4.69, 9.17) is 30.5 Å². The van der Waals surface area contributed by atoms with Gasteiger partial charge < -0.3 is 18.9 Å². The molecule has 1 aromatic heterocycles. The van der Waals surface area contributed by atoms with Crippen molar-refractivity contribution in [3.05, 3.63) is 113 Å². The van der Waals surface area contributed by atoms with Gasteiger partial charge in [-0.3, -0.25) is 9.36 Å². The van der Waals surface area contributed by atoms with E-state index in [9.17, 15) is 9.59 Å².